The van der Waals surface area contributed by atoms with E-state index >= 15 is 0 Å². The average Bonchev–Trinajstić information content (AvgIpc) is 2.94. The lowest BCUT2D eigenvalue weighted by Crippen LogP contribution is -2.40. The molecule has 1 aromatic heterocycles. The van der Waals surface area contributed by atoms with Gasteiger partial charge < -0.3 is 9.42 Å². The molecule has 0 aliphatic rings. The molecule has 1 aromatic carbocycles. The van der Waals surface area contributed by atoms with Crippen LogP contribution in [0.5, 0.6) is 0 Å². The Morgan fingerprint density at radius 1 is 1.32 bits per heavy atom. The molecule has 2 rings (SSSR count). The second-order valence-electron chi connectivity index (χ2n) is 7.69. The van der Waals surface area contributed by atoms with Gasteiger partial charge in [0.15, 0.2) is 0 Å². The van der Waals surface area contributed by atoms with Gasteiger partial charge in [-0.3, -0.25) is 4.79 Å². The molecular weight excluding hydrogens is 338 g/mol. The molecule has 0 spiro atoms. The van der Waals surface area contributed by atoms with Crippen molar-refractivity contribution in [3.8, 4) is 11.4 Å². The van der Waals surface area contributed by atoms with E-state index in [4.69, 9.17) is 16.1 Å². The number of hydrogen-bond donors (Lipinski definition) is 0. The zero-order chi connectivity index (χ0) is 18.6. The van der Waals surface area contributed by atoms with Crippen molar-refractivity contribution in [1.29, 1.82) is 0 Å². The maximum absolute atomic E-state index is 12.5. The summed E-state index contributed by atoms with van der Waals surface area (Å²) < 4.78 is 5.33. The topological polar surface area (TPSA) is 59.2 Å². The van der Waals surface area contributed by atoms with Gasteiger partial charge in [-0.05, 0) is 31.4 Å². The van der Waals surface area contributed by atoms with Crippen LogP contribution in [-0.4, -0.2) is 33.5 Å². The summed E-state index contributed by atoms with van der Waals surface area (Å²) in [6.45, 7) is 10.8. The second-order valence-corrected chi connectivity index (χ2v) is 8.13. The number of aromatic nitrogens is 2. The van der Waals surface area contributed by atoms with Gasteiger partial charge in [-0.1, -0.05) is 49.7 Å². The van der Waals surface area contributed by atoms with Crippen LogP contribution < -0.4 is 0 Å². The fraction of sp³-hybridized carbons (Fsp3) is 0.526. The summed E-state index contributed by atoms with van der Waals surface area (Å²) in [6, 6.07) is 7.45. The first-order valence-corrected chi connectivity index (χ1v) is 8.91. The molecule has 0 fully saturated rings. The zero-order valence-electron chi connectivity index (χ0n) is 15.5. The number of hydrogen-bond acceptors (Lipinski definition) is 4. The minimum Gasteiger partial charge on any atom is -0.340 e. The van der Waals surface area contributed by atoms with E-state index in [2.05, 4.69) is 30.9 Å². The molecule has 136 valence electrons. The highest BCUT2D eigenvalue weighted by Gasteiger charge is 2.23. The highest BCUT2D eigenvalue weighted by atomic mass is 35.5. The molecule has 0 saturated carbocycles. The van der Waals surface area contributed by atoms with Crippen molar-refractivity contribution in [3.05, 3.63) is 35.2 Å². The summed E-state index contributed by atoms with van der Waals surface area (Å²) in [7, 11) is 0. The van der Waals surface area contributed by atoms with Crippen molar-refractivity contribution >= 4 is 17.5 Å². The fourth-order valence-corrected chi connectivity index (χ4v) is 2.73. The smallest absolute Gasteiger partial charge is 0.228 e. The van der Waals surface area contributed by atoms with Crippen LogP contribution in [0.25, 0.3) is 11.4 Å². The van der Waals surface area contributed by atoms with E-state index in [1.807, 2.05) is 30.9 Å². The predicted octanol–water partition coefficient (Wildman–Crippen LogP) is 4.61. The molecule has 1 heterocycles. The van der Waals surface area contributed by atoms with E-state index in [9.17, 15) is 4.79 Å². The van der Waals surface area contributed by atoms with Crippen LogP contribution >= 0.6 is 11.6 Å². The summed E-state index contributed by atoms with van der Waals surface area (Å²) in [5, 5.41) is 4.63. The zero-order valence-corrected chi connectivity index (χ0v) is 16.3. The number of carbonyl (C=O) groups excluding carboxylic acids is 1. The Kier molecular flexibility index (Phi) is 6.22. The third-order valence-corrected chi connectivity index (χ3v) is 3.98. The largest absolute Gasteiger partial charge is 0.340 e. The van der Waals surface area contributed by atoms with E-state index in [1.165, 1.54) is 0 Å². The third-order valence-electron chi connectivity index (χ3n) is 3.74. The fourth-order valence-electron chi connectivity index (χ4n) is 2.54. The van der Waals surface area contributed by atoms with Crippen LogP contribution in [0.3, 0.4) is 0 Å². The van der Waals surface area contributed by atoms with Gasteiger partial charge in [0.1, 0.15) is 0 Å². The van der Waals surface area contributed by atoms with Gasteiger partial charge in [0.2, 0.25) is 17.6 Å². The summed E-state index contributed by atoms with van der Waals surface area (Å²) in [4.78, 5) is 18.8. The first-order valence-electron chi connectivity index (χ1n) is 8.54. The Morgan fingerprint density at radius 2 is 2.04 bits per heavy atom. The lowest BCUT2D eigenvalue weighted by atomic mass is 9.91. The number of halogens is 1. The Balaban J connectivity index is 2.03. The Bertz CT molecular complexity index is 719. The number of rotatable bonds is 6. The molecule has 1 amide bonds. The molecule has 0 atom stereocenters. The lowest BCUT2D eigenvalue weighted by Gasteiger charge is -2.29. The maximum atomic E-state index is 12.5. The average molecular weight is 364 g/mol. The van der Waals surface area contributed by atoms with Gasteiger partial charge in [0, 0.05) is 36.0 Å². The molecule has 0 saturated heterocycles. The van der Waals surface area contributed by atoms with Crippen molar-refractivity contribution in [1.82, 2.24) is 15.0 Å². The summed E-state index contributed by atoms with van der Waals surface area (Å²) in [5.74, 6) is 1.18. The van der Waals surface area contributed by atoms with Gasteiger partial charge in [-0.25, -0.2) is 0 Å². The van der Waals surface area contributed by atoms with Crippen LogP contribution in [0.2, 0.25) is 5.02 Å². The van der Waals surface area contributed by atoms with Gasteiger partial charge in [0.05, 0.1) is 0 Å². The van der Waals surface area contributed by atoms with Crippen molar-refractivity contribution in [2.75, 3.05) is 6.54 Å². The van der Waals surface area contributed by atoms with E-state index in [0.29, 0.717) is 36.1 Å². The van der Waals surface area contributed by atoms with Crippen LogP contribution in [0.15, 0.2) is 28.8 Å². The van der Waals surface area contributed by atoms with Gasteiger partial charge in [-0.15, -0.1) is 0 Å². The predicted molar refractivity (Wildman–Crippen MR) is 99.4 cm³/mol. The van der Waals surface area contributed by atoms with Gasteiger partial charge in [0.25, 0.3) is 0 Å². The molecule has 0 aliphatic heterocycles. The van der Waals surface area contributed by atoms with Crippen LogP contribution in [0, 0.1) is 5.41 Å². The molecular formula is C19H26ClN3O2. The molecule has 0 radical (unpaired) electrons. The molecule has 0 bridgehead atoms. The highest BCUT2D eigenvalue weighted by Crippen LogP contribution is 2.22. The molecule has 2 aromatic rings. The number of benzene rings is 1. The second kappa shape index (κ2) is 8.00. The Morgan fingerprint density at radius 3 is 2.64 bits per heavy atom. The van der Waals surface area contributed by atoms with E-state index in [-0.39, 0.29) is 17.4 Å². The van der Waals surface area contributed by atoms with E-state index in [1.54, 1.807) is 12.1 Å². The summed E-state index contributed by atoms with van der Waals surface area (Å²) >= 11 is 6.00. The standard InChI is InChI=1S/C19H26ClN3O2/c1-13(2)23(17(24)12-19(3,4)5)10-9-16-21-18(22-25-16)14-7-6-8-15(20)11-14/h6-8,11,13H,9-10,12H2,1-5H3. The van der Waals surface area contributed by atoms with E-state index < -0.39 is 0 Å². The van der Waals surface area contributed by atoms with Crippen molar-refractivity contribution in [2.45, 2.75) is 53.5 Å². The van der Waals surface area contributed by atoms with E-state index in [0.717, 1.165) is 5.56 Å². The molecule has 0 aliphatic carbocycles. The number of carbonyl (C=O) groups is 1. The van der Waals surface area contributed by atoms with Crippen molar-refractivity contribution in [2.24, 2.45) is 5.41 Å². The van der Waals surface area contributed by atoms with Gasteiger partial charge in [-0.2, -0.15) is 4.98 Å². The van der Waals surface area contributed by atoms with Crippen LogP contribution in [0.1, 0.15) is 46.9 Å². The van der Waals surface area contributed by atoms with Crippen LogP contribution in [-0.2, 0) is 11.2 Å². The third kappa shape index (κ3) is 5.85. The first-order chi connectivity index (χ1) is 11.7. The SMILES string of the molecule is CC(C)N(CCc1nc(-c2cccc(Cl)c2)no1)C(=O)CC(C)(C)C. The number of nitrogens with zero attached hydrogens (tertiary/aromatic N) is 3. The summed E-state index contributed by atoms with van der Waals surface area (Å²) in [6.07, 6.45) is 1.05. The first kappa shape index (κ1) is 19.4. The van der Waals surface area contributed by atoms with Crippen molar-refractivity contribution in [3.63, 3.8) is 0 Å². The lowest BCUT2D eigenvalue weighted by molar-refractivity contribution is -0.134. The van der Waals surface area contributed by atoms with Crippen LogP contribution in [0.4, 0.5) is 0 Å². The van der Waals surface area contributed by atoms with Crippen molar-refractivity contribution < 1.29 is 9.32 Å². The number of amides is 1. The quantitative estimate of drug-likeness (QED) is 0.752. The normalized spacial score (nSPS) is 11.8. The Hall–Kier alpha value is -1.88. The van der Waals surface area contributed by atoms with Gasteiger partial charge >= 0.3 is 0 Å². The Labute approximate surface area is 154 Å². The molecule has 6 heteroatoms. The molecule has 25 heavy (non-hydrogen) atoms. The minimum absolute atomic E-state index is 0.0333. The highest BCUT2D eigenvalue weighted by molar-refractivity contribution is 6.30. The minimum atomic E-state index is -0.0333. The molecule has 0 N–H and O–H groups in total. The summed E-state index contributed by atoms with van der Waals surface area (Å²) in [5.41, 5.74) is 0.779. The maximum Gasteiger partial charge on any atom is 0.228 e. The molecule has 0 unspecified atom stereocenters. The molecule has 5 nitrogen and oxygen atoms in total. The monoisotopic (exact) mass is 363 g/mol.